The molecule has 0 saturated carbocycles. The summed E-state index contributed by atoms with van der Waals surface area (Å²) >= 11 is 0. The molecular weight excluding hydrogens is 228 g/mol. The predicted octanol–water partition coefficient (Wildman–Crippen LogP) is 2.25. The Labute approximate surface area is 107 Å². The molecular formula is C14H18N2O2. The Morgan fingerprint density at radius 2 is 2.00 bits per heavy atom. The van der Waals surface area contributed by atoms with Gasteiger partial charge >= 0.3 is 0 Å². The Morgan fingerprint density at radius 3 is 2.78 bits per heavy atom. The number of benzene rings is 1. The van der Waals surface area contributed by atoms with E-state index >= 15 is 0 Å². The molecule has 0 atom stereocenters. The van der Waals surface area contributed by atoms with E-state index in [4.69, 9.17) is 9.94 Å². The molecule has 96 valence electrons. The van der Waals surface area contributed by atoms with Crippen LogP contribution < -0.4 is 4.90 Å². The van der Waals surface area contributed by atoms with Gasteiger partial charge in [-0.05, 0) is 18.9 Å². The molecule has 1 N–H and O–H groups in total. The van der Waals surface area contributed by atoms with E-state index in [1.807, 2.05) is 18.2 Å². The van der Waals surface area contributed by atoms with E-state index in [0.717, 1.165) is 50.3 Å². The van der Waals surface area contributed by atoms with Crippen molar-refractivity contribution in [2.75, 3.05) is 24.7 Å². The molecule has 2 aliphatic rings. The van der Waals surface area contributed by atoms with Crippen molar-refractivity contribution in [1.29, 1.82) is 0 Å². The monoisotopic (exact) mass is 246 g/mol. The number of oxime groups is 1. The number of para-hydroxylation sites is 1. The minimum Gasteiger partial charge on any atom is -0.411 e. The van der Waals surface area contributed by atoms with Crippen LogP contribution in [0.15, 0.2) is 29.4 Å². The largest absolute Gasteiger partial charge is 0.411 e. The molecule has 1 saturated heterocycles. The maximum atomic E-state index is 9.08. The highest BCUT2D eigenvalue weighted by molar-refractivity contribution is 6.06. The average molecular weight is 246 g/mol. The van der Waals surface area contributed by atoms with Crippen molar-refractivity contribution in [3.05, 3.63) is 29.8 Å². The van der Waals surface area contributed by atoms with Crippen LogP contribution in [0.25, 0.3) is 0 Å². The topological polar surface area (TPSA) is 45.1 Å². The molecule has 1 aromatic rings. The van der Waals surface area contributed by atoms with Crippen molar-refractivity contribution < 1.29 is 9.94 Å². The highest BCUT2D eigenvalue weighted by Crippen LogP contribution is 2.31. The standard InChI is InChI=1S/C14H18N2O2/c17-15-13-5-8-16(11-6-9-18-10-7-11)14-4-2-1-3-12(13)14/h1-4,11,17H,5-10H2. The summed E-state index contributed by atoms with van der Waals surface area (Å²) in [5.74, 6) is 0. The second-order valence-electron chi connectivity index (χ2n) is 4.85. The third-order valence-electron chi connectivity index (χ3n) is 3.87. The molecule has 0 amide bonds. The van der Waals surface area contributed by atoms with Gasteiger partial charge in [-0.2, -0.15) is 0 Å². The summed E-state index contributed by atoms with van der Waals surface area (Å²) in [6.45, 7) is 2.63. The van der Waals surface area contributed by atoms with Gasteiger partial charge in [-0.25, -0.2) is 0 Å². The summed E-state index contributed by atoms with van der Waals surface area (Å²) < 4.78 is 5.43. The smallest absolute Gasteiger partial charge is 0.0906 e. The Balaban J connectivity index is 1.93. The van der Waals surface area contributed by atoms with E-state index in [1.165, 1.54) is 5.69 Å². The quantitative estimate of drug-likeness (QED) is 0.610. The van der Waals surface area contributed by atoms with Crippen LogP contribution in [0.4, 0.5) is 5.69 Å². The van der Waals surface area contributed by atoms with Crippen LogP contribution in [-0.2, 0) is 4.74 Å². The molecule has 0 bridgehead atoms. The van der Waals surface area contributed by atoms with E-state index in [2.05, 4.69) is 16.1 Å². The number of anilines is 1. The third-order valence-corrected chi connectivity index (χ3v) is 3.87. The van der Waals surface area contributed by atoms with Crippen LogP contribution >= 0.6 is 0 Å². The molecule has 4 heteroatoms. The molecule has 2 heterocycles. The fourth-order valence-corrected chi connectivity index (χ4v) is 2.93. The first-order valence-electron chi connectivity index (χ1n) is 6.55. The predicted molar refractivity (Wildman–Crippen MR) is 70.6 cm³/mol. The van der Waals surface area contributed by atoms with Crippen LogP contribution in [0.5, 0.6) is 0 Å². The molecule has 0 radical (unpaired) electrons. The third kappa shape index (κ3) is 1.97. The van der Waals surface area contributed by atoms with Gasteiger partial charge in [0.25, 0.3) is 0 Å². The van der Waals surface area contributed by atoms with Gasteiger partial charge in [-0.15, -0.1) is 0 Å². The second kappa shape index (κ2) is 4.98. The van der Waals surface area contributed by atoms with Crippen molar-refractivity contribution >= 4 is 11.4 Å². The summed E-state index contributed by atoms with van der Waals surface area (Å²) in [5, 5.41) is 12.5. The normalized spacial score (nSPS) is 23.1. The molecule has 3 rings (SSSR count). The number of hydrogen-bond acceptors (Lipinski definition) is 4. The summed E-state index contributed by atoms with van der Waals surface area (Å²) in [6.07, 6.45) is 2.98. The fraction of sp³-hybridized carbons (Fsp3) is 0.500. The van der Waals surface area contributed by atoms with Crippen LogP contribution in [0.3, 0.4) is 0 Å². The molecule has 0 spiro atoms. The first kappa shape index (κ1) is 11.5. The average Bonchev–Trinajstić information content (AvgIpc) is 2.47. The van der Waals surface area contributed by atoms with Crippen LogP contribution in [0, 0.1) is 0 Å². The highest BCUT2D eigenvalue weighted by atomic mass is 16.5. The van der Waals surface area contributed by atoms with E-state index < -0.39 is 0 Å². The molecule has 2 aliphatic heterocycles. The van der Waals surface area contributed by atoms with Crippen molar-refractivity contribution in [2.24, 2.45) is 5.16 Å². The van der Waals surface area contributed by atoms with Gasteiger partial charge in [-0.3, -0.25) is 0 Å². The van der Waals surface area contributed by atoms with Gasteiger partial charge in [0.1, 0.15) is 0 Å². The van der Waals surface area contributed by atoms with Gasteiger partial charge in [0, 0.05) is 43.5 Å². The molecule has 1 aromatic carbocycles. The van der Waals surface area contributed by atoms with Crippen molar-refractivity contribution in [3.63, 3.8) is 0 Å². The highest BCUT2D eigenvalue weighted by Gasteiger charge is 2.28. The molecule has 0 aromatic heterocycles. The van der Waals surface area contributed by atoms with Crippen molar-refractivity contribution in [3.8, 4) is 0 Å². The summed E-state index contributed by atoms with van der Waals surface area (Å²) in [6, 6.07) is 8.76. The summed E-state index contributed by atoms with van der Waals surface area (Å²) in [4.78, 5) is 2.45. The minimum atomic E-state index is 0.556. The van der Waals surface area contributed by atoms with Crippen LogP contribution in [-0.4, -0.2) is 36.7 Å². The van der Waals surface area contributed by atoms with E-state index in [1.54, 1.807) is 0 Å². The number of ether oxygens (including phenoxy) is 1. The number of nitrogens with zero attached hydrogens (tertiary/aromatic N) is 2. The fourth-order valence-electron chi connectivity index (χ4n) is 2.93. The zero-order chi connectivity index (χ0) is 12.4. The Morgan fingerprint density at radius 1 is 1.22 bits per heavy atom. The number of fused-ring (bicyclic) bond motifs is 1. The first-order chi connectivity index (χ1) is 8.90. The lowest BCUT2D eigenvalue weighted by Gasteiger charge is -2.39. The van der Waals surface area contributed by atoms with Gasteiger partial charge < -0.3 is 14.8 Å². The number of rotatable bonds is 1. The summed E-state index contributed by atoms with van der Waals surface area (Å²) in [5.41, 5.74) is 3.06. The van der Waals surface area contributed by atoms with Crippen molar-refractivity contribution in [1.82, 2.24) is 0 Å². The molecule has 4 nitrogen and oxygen atoms in total. The lowest BCUT2D eigenvalue weighted by atomic mass is 9.96. The zero-order valence-electron chi connectivity index (χ0n) is 10.4. The van der Waals surface area contributed by atoms with Gasteiger partial charge in [0.2, 0.25) is 0 Å². The lowest BCUT2D eigenvalue weighted by Crippen LogP contribution is -2.43. The van der Waals surface area contributed by atoms with Gasteiger partial charge in [0.15, 0.2) is 0 Å². The number of hydrogen-bond donors (Lipinski definition) is 1. The zero-order valence-corrected chi connectivity index (χ0v) is 10.4. The van der Waals surface area contributed by atoms with Gasteiger partial charge in [0.05, 0.1) is 5.71 Å². The van der Waals surface area contributed by atoms with E-state index in [9.17, 15) is 0 Å². The van der Waals surface area contributed by atoms with E-state index in [0.29, 0.717) is 6.04 Å². The van der Waals surface area contributed by atoms with Gasteiger partial charge in [-0.1, -0.05) is 23.4 Å². The summed E-state index contributed by atoms with van der Waals surface area (Å²) in [7, 11) is 0. The van der Waals surface area contributed by atoms with Crippen LogP contribution in [0.2, 0.25) is 0 Å². The maximum Gasteiger partial charge on any atom is 0.0906 e. The Hall–Kier alpha value is -1.55. The molecule has 18 heavy (non-hydrogen) atoms. The first-order valence-corrected chi connectivity index (χ1v) is 6.55. The van der Waals surface area contributed by atoms with E-state index in [-0.39, 0.29) is 0 Å². The molecule has 1 fully saturated rings. The second-order valence-corrected chi connectivity index (χ2v) is 4.85. The molecule has 0 unspecified atom stereocenters. The van der Waals surface area contributed by atoms with Crippen LogP contribution in [0.1, 0.15) is 24.8 Å². The molecule has 0 aliphatic carbocycles. The maximum absolute atomic E-state index is 9.08. The minimum absolute atomic E-state index is 0.556. The SMILES string of the molecule is ON=C1CCN(C2CCOCC2)c2ccccc21. The van der Waals surface area contributed by atoms with Crippen molar-refractivity contribution in [2.45, 2.75) is 25.3 Å². The lowest BCUT2D eigenvalue weighted by molar-refractivity contribution is 0.0844. The Bertz CT molecular complexity index is 453. The Kier molecular flexibility index (Phi) is 3.19.